The molecule has 5 unspecified atom stereocenters. The van der Waals surface area contributed by atoms with Crippen LogP contribution in [-0.4, -0.2) is 54.0 Å². The summed E-state index contributed by atoms with van der Waals surface area (Å²) in [7, 11) is 0. The Morgan fingerprint density at radius 2 is 1.76 bits per heavy atom. The fourth-order valence-electron chi connectivity index (χ4n) is 4.61. The number of carbonyl (C=O) groups is 1. The third kappa shape index (κ3) is 3.11. The van der Waals surface area contributed by atoms with Gasteiger partial charge in [0.15, 0.2) is 0 Å². The number of hydrogen-bond acceptors (Lipinski definition) is 3. The highest BCUT2D eigenvalue weighted by atomic mass is 16.2. The summed E-state index contributed by atoms with van der Waals surface area (Å²) in [6.45, 7) is 8.82. The summed E-state index contributed by atoms with van der Waals surface area (Å²) < 4.78 is 0. The third-order valence-corrected chi connectivity index (χ3v) is 6.14. The van der Waals surface area contributed by atoms with Crippen LogP contribution in [0.25, 0.3) is 0 Å². The maximum atomic E-state index is 12.9. The van der Waals surface area contributed by atoms with Crippen molar-refractivity contribution in [2.24, 2.45) is 23.5 Å². The van der Waals surface area contributed by atoms with Crippen molar-refractivity contribution in [1.82, 2.24) is 9.80 Å². The summed E-state index contributed by atoms with van der Waals surface area (Å²) in [5.41, 5.74) is 6.22. The Hall–Kier alpha value is -0.610. The van der Waals surface area contributed by atoms with Crippen LogP contribution in [0.5, 0.6) is 0 Å². The largest absolute Gasteiger partial charge is 0.341 e. The Kier molecular flexibility index (Phi) is 4.55. The molecule has 1 aliphatic carbocycles. The van der Waals surface area contributed by atoms with Gasteiger partial charge in [0.05, 0.1) is 0 Å². The molecule has 0 radical (unpaired) electrons. The van der Waals surface area contributed by atoms with Gasteiger partial charge in [-0.3, -0.25) is 9.69 Å². The quantitative estimate of drug-likeness (QED) is 0.843. The van der Waals surface area contributed by atoms with E-state index in [2.05, 4.69) is 23.6 Å². The van der Waals surface area contributed by atoms with Crippen molar-refractivity contribution in [2.75, 3.05) is 26.2 Å². The molecule has 2 N–H and O–H groups in total. The zero-order valence-electron chi connectivity index (χ0n) is 13.6. The number of likely N-dealkylation sites (tertiary alicyclic amines) is 2. The monoisotopic (exact) mass is 293 g/mol. The van der Waals surface area contributed by atoms with Crippen molar-refractivity contribution < 1.29 is 4.79 Å². The van der Waals surface area contributed by atoms with Crippen LogP contribution < -0.4 is 5.73 Å². The topological polar surface area (TPSA) is 49.6 Å². The molecule has 3 aliphatic rings. The van der Waals surface area contributed by atoms with Crippen LogP contribution in [-0.2, 0) is 4.79 Å². The van der Waals surface area contributed by atoms with E-state index in [-0.39, 0.29) is 12.0 Å². The number of nitrogens with zero attached hydrogens (tertiary/aromatic N) is 2. The molecule has 1 saturated carbocycles. The maximum Gasteiger partial charge on any atom is 0.226 e. The lowest BCUT2D eigenvalue weighted by Gasteiger charge is -2.38. The molecule has 0 aromatic heterocycles. The third-order valence-electron chi connectivity index (χ3n) is 6.14. The SMILES string of the molecule is CC1CC(C)C(C(=O)N2CCC(N3CCCC3)C2)CC1N. The van der Waals surface area contributed by atoms with Gasteiger partial charge in [0.25, 0.3) is 0 Å². The van der Waals surface area contributed by atoms with E-state index in [4.69, 9.17) is 5.73 Å². The first-order valence-corrected chi connectivity index (χ1v) is 8.84. The molecule has 120 valence electrons. The van der Waals surface area contributed by atoms with Crippen LogP contribution >= 0.6 is 0 Å². The van der Waals surface area contributed by atoms with Crippen molar-refractivity contribution in [3.05, 3.63) is 0 Å². The molecule has 21 heavy (non-hydrogen) atoms. The zero-order chi connectivity index (χ0) is 15.0. The second kappa shape index (κ2) is 6.25. The minimum Gasteiger partial charge on any atom is -0.341 e. The molecule has 4 heteroatoms. The van der Waals surface area contributed by atoms with Gasteiger partial charge in [-0.2, -0.15) is 0 Å². The second-order valence-electron chi connectivity index (χ2n) is 7.67. The van der Waals surface area contributed by atoms with Crippen LogP contribution in [0.3, 0.4) is 0 Å². The number of hydrogen-bond donors (Lipinski definition) is 1. The van der Waals surface area contributed by atoms with Gasteiger partial charge in [0, 0.05) is 31.1 Å². The average Bonchev–Trinajstić information content (AvgIpc) is 3.11. The first-order valence-electron chi connectivity index (χ1n) is 8.84. The van der Waals surface area contributed by atoms with Gasteiger partial charge in [-0.05, 0) is 57.0 Å². The van der Waals surface area contributed by atoms with E-state index in [0.717, 1.165) is 32.4 Å². The molecule has 3 rings (SSSR count). The smallest absolute Gasteiger partial charge is 0.226 e. The van der Waals surface area contributed by atoms with Crippen LogP contribution in [0.4, 0.5) is 0 Å². The predicted octanol–water partition coefficient (Wildman–Crippen LogP) is 1.69. The van der Waals surface area contributed by atoms with E-state index in [0.29, 0.717) is 23.8 Å². The number of nitrogens with two attached hydrogens (primary N) is 1. The molecule has 5 atom stereocenters. The van der Waals surface area contributed by atoms with Gasteiger partial charge < -0.3 is 10.6 Å². The molecule has 2 saturated heterocycles. The van der Waals surface area contributed by atoms with E-state index < -0.39 is 0 Å². The highest BCUT2D eigenvalue weighted by molar-refractivity contribution is 5.79. The highest BCUT2D eigenvalue weighted by Crippen LogP contribution is 2.35. The summed E-state index contributed by atoms with van der Waals surface area (Å²) in [6.07, 6.45) is 5.80. The van der Waals surface area contributed by atoms with Gasteiger partial charge >= 0.3 is 0 Å². The van der Waals surface area contributed by atoms with Crippen LogP contribution in [0.2, 0.25) is 0 Å². The molecular weight excluding hydrogens is 262 g/mol. The molecule has 1 amide bonds. The van der Waals surface area contributed by atoms with Crippen LogP contribution in [0, 0.1) is 17.8 Å². The lowest BCUT2D eigenvalue weighted by atomic mass is 9.72. The van der Waals surface area contributed by atoms with Crippen molar-refractivity contribution >= 4 is 5.91 Å². The Balaban J connectivity index is 1.58. The van der Waals surface area contributed by atoms with E-state index in [1.165, 1.54) is 25.9 Å². The summed E-state index contributed by atoms with van der Waals surface area (Å²) in [4.78, 5) is 17.6. The molecule has 2 aliphatic heterocycles. The molecule has 2 heterocycles. The van der Waals surface area contributed by atoms with E-state index in [1.807, 2.05) is 0 Å². The molecule has 0 spiro atoms. The number of amides is 1. The lowest BCUT2D eigenvalue weighted by molar-refractivity contribution is -0.138. The Morgan fingerprint density at radius 1 is 1.05 bits per heavy atom. The standard InChI is InChI=1S/C17H31N3O/c1-12-9-13(2)16(18)10-15(12)17(21)20-8-5-14(11-20)19-6-3-4-7-19/h12-16H,3-11,18H2,1-2H3. The van der Waals surface area contributed by atoms with Gasteiger partial charge in [-0.1, -0.05) is 13.8 Å². The zero-order valence-corrected chi connectivity index (χ0v) is 13.6. The van der Waals surface area contributed by atoms with E-state index in [1.54, 1.807) is 0 Å². The normalized spacial score (nSPS) is 41.7. The summed E-state index contributed by atoms with van der Waals surface area (Å²) in [6, 6.07) is 0.815. The Labute approximate surface area is 129 Å². The Bertz CT molecular complexity index is 380. The molecule has 0 aromatic rings. The molecule has 0 aromatic carbocycles. The fraction of sp³-hybridized carbons (Fsp3) is 0.941. The summed E-state index contributed by atoms with van der Waals surface area (Å²) in [5.74, 6) is 1.58. The number of rotatable bonds is 2. The van der Waals surface area contributed by atoms with Gasteiger partial charge in [-0.25, -0.2) is 0 Å². The van der Waals surface area contributed by atoms with Crippen molar-refractivity contribution in [3.8, 4) is 0 Å². The Morgan fingerprint density at radius 3 is 2.48 bits per heavy atom. The second-order valence-corrected chi connectivity index (χ2v) is 7.67. The van der Waals surface area contributed by atoms with Gasteiger partial charge in [0.1, 0.15) is 0 Å². The van der Waals surface area contributed by atoms with Crippen molar-refractivity contribution in [2.45, 2.75) is 58.0 Å². The van der Waals surface area contributed by atoms with Gasteiger partial charge in [0.2, 0.25) is 5.91 Å². The maximum absolute atomic E-state index is 12.9. The van der Waals surface area contributed by atoms with Crippen LogP contribution in [0.15, 0.2) is 0 Å². The predicted molar refractivity (Wildman–Crippen MR) is 84.8 cm³/mol. The first kappa shape index (κ1) is 15.3. The van der Waals surface area contributed by atoms with E-state index in [9.17, 15) is 4.79 Å². The fourth-order valence-corrected chi connectivity index (χ4v) is 4.61. The highest BCUT2D eigenvalue weighted by Gasteiger charge is 2.39. The summed E-state index contributed by atoms with van der Waals surface area (Å²) in [5, 5.41) is 0. The molecular formula is C17H31N3O. The van der Waals surface area contributed by atoms with Crippen LogP contribution in [0.1, 0.15) is 46.0 Å². The lowest BCUT2D eigenvalue weighted by Crippen LogP contribution is -2.46. The number of carbonyl (C=O) groups excluding carboxylic acids is 1. The van der Waals surface area contributed by atoms with Crippen molar-refractivity contribution in [3.63, 3.8) is 0 Å². The molecule has 3 fully saturated rings. The molecule has 4 nitrogen and oxygen atoms in total. The van der Waals surface area contributed by atoms with E-state index >= 15 is 0 Å². The molecule has 0 bridgehead atoms. The minimum absolute atomic E-state index is 0.161. The van der Waals surface area contributed by atoms with Gasteiger partial charge in [-0.15, -0.1) is 0 Å². The minimum atomic E-state index is 0.161. The first-order chi connectivity index (χ1) is 10.1. The van der Waals surface area contributed by atoms with Crippen molar-refractivity contribution in [1.29, 1.82) is 0 Å². The average molecular weight is 293 g/mol. The summed E-state index contributed by atoms with van der Waals surface area (Å²) >= 11 is 0.